The van der Waals surface area contributed by atoms with Crippen LogP contribution < -0.4 is 10.3 Å². The van der Waals surface area contributed by atoms with E-state index < -0.39 is 0 Å². The summed E-state index contributed by atoms with van der Waals surface area (Å²) in [6.07, 6.45) is 0. The Morgan fingerprint density at radius 2 is 1.76 bits per heavy atom. The molecular formula is C27H27N3O3S. The minimum absolute atomic E-state index is 0.0535. The Kier molecular flexibility index (Phi) is 7.03. The normalized spacial score (nSPS) is 10.9. The summed E-state index contributed by atoms with van der Waals surface area (Å²) >= 11 is 1.27. The second kappa shape index (κ2) is 10.1. The molecule has 0 unspecified atom stereocenters. The molecule has 0 spiro atoms. The first-order chi connectivity index (χ1) is 16.4. The van der Waals surface area contributed by atoms with Crippen LogP contribution in [-0.2, 0) is 11.3 Å². The van der Waals surface area contributed by atoms with Gasteiger partial charge in [-0.25, -0.2) is 4.98 Å². The highest BCUT2D eigenvalue weighted by Gasteiger charge is 2.17. The average molecular weight is 474 g/mol. The van der Waals surface area contributed by atoms with Gasteiger partial charge in [0.25, 0.3) is 5.56 Å². The fourth-order valence-electron chi connectivity index (χ4n) is 3.89. The number of nitrogens with zero attached hydrogens (tertiary/aromatic N) is 3. The van der Waals surface area contributed by atoms with Gasteiger partial charge in [-0.05, 0) is 66.9 Å². The summed E-state index contributed by atoms with van der Waals surface area (Å²) in [5, 5.41) is 1.05. The lowest BCUT2D eigenvalue weighted by Crippen LogP contribution is -2.28. The molecule has 0 aliphatic rings. The number of aromatic nitrogens is 2. The molecule has 1 amide bonds. The van der Waals surface area contributed by atoms with Crippen LogP contribution in [0.1, 0.15) is 16.7 Å². The van der Waals surface area contributed by atoms with Crippen molar-refractivity contribution in [1.29, 1.82) is 0 Å². The first-order valence-electron chi connectivity index (χ1n) is 11.0. The van der Waals surface area contributed by atoms with Crippen LogP contribution in [0.3, 0.4) is 0 Å². The number of methoxy groups -OCH3 is 1. The highest BCUT2D eigenvalue weighted by Crippen LogP contribution is 2.23. The summed E-state index contributed by atoms with van der Waals surface area (Å²) in [6, 6.07) is 20.9. The van der Waals surface area contributed by atoms with Gasteiger partial charge in [-0.15, -0.1) is 0 Å². The summed E-state index contributed by atoms with van der Waals surface area (Å²) in [5.41, 5.74) is 4.32. The van der Waals surface area contributed by atoms with E-state index in [2.05, 4.69) is 6.07 Å². The quantitative estimate of drug-likeness (QED) is 0.286. The van der Waals surface area contributed by atoms with Gasteiger partial charge in [0.1, 0.15) is 5.75 Å². The van der Waals surface area contributed by atoms with E-state index in [4.69, 9.17) is 9.72 Å². The second-order valence-electron chi connectivity index (χ2n) is 8.29. The molecule has 0 saturated carbocycles. The molecule has 4 rings (SSSR count). The van der Waals surface area contributed by atoms with Crippen LogP contribution in [0, 0.1) is 13.8 Å². The second-order valence-corrected chi connectivity index (χ2v) is 9.23. The molecule has 0 aliphatic heterocycles. The van der Waals surface area contributed by atoms with Crippen molar-refractivity contribution >= 4 is 28.6 Å². The number of hydrogen-bond acceptors (Lipinski definition) is 5. The maximum atomic E-state index is 13.5. The molecule has 0 radical (unpaired) electrons. The van der Waals surface area contributed by atoms with Crippen LogP contribution in [0.4, 0.5) is 0 Å². The number of hydrogen-bond donors (Lipinski definition) is 0. The van der Waals surface area contributed by atoms with Crippen molar-refractivity contribution in [2.75, 3.05) is 19.9 Å². The number of para-hydroxylation sites is 1. The maximum Gasteiger partial charge on any atom is 0.266 e. The Balaban J connectivity index is 1.63. The SMILES string of the molecule is COc1cccc(CN(C)C(=O)CSc2nc3ccccc3c(=O)n2-c2cc(C)cc(C)c2)c1. The van der Waals surface area contributed by atoms with Gasteiger partial charge in [0.05, 0.1) is 29.5 Å². The minimum Gasteiger partial charge on any atom is -0.497 e. The largest absolute Gasteiger partial charge is 0.497 e. The molecule has 0 atom stereocenters. The fraction of sp³-hybridized carbons (Fsp3) is 0.222. The molecule has 1 aromatic heterocycles. The molecule has 0 bridgehead atoms. The molecular weight excluding hydrogens is 446 g/mol. The Morgan fingerprint density at radius 1 is 1.03 bits per heavy atom. The Morgan fingerprint density at radius 3 is 2.50 bits per heavy atom. The van der Waals surface area contributed by atoms with E-state index in [0.717, 1.165) is 28.1 Å². The fourth-order valence-corrected chi connectivity index (χ4v) is 4.84. The monoisotopic (exact) mass is 473 g/mol. The van der Waals surface area contributed by atoms with Gasteiger partial charge >= 0.3 is 0 Å². The smallest absolute Gasteiger partial charge is 0.266 e. The number of rotatable bonds is 7. The molecule has 3 aromatic carbocycles. The van der Waals surface area contributed by atoms with Gasteiger partial charge in [0.2, 0.25) is 5.91 Å². The van der Waals surface area contributed by atoms with E-state index in [1.807, 2.05) is 68.4 Å². The molecule has 0 aliphatic carbocycles. The zero-order chi connectivity index (χ0) is 24.2. The predicted octanol–water partition coefficient (Wildman–Crippen LogP) is 4.76. The number of carbonyl (C=O) groups excluding carboxylic acids is 1. The molecule has 7 heteroatoms. The molecule has 174 valence electrons. The van der Waals surface area contributed by atoms with Crippen molar-refractivity contribution in [3.05, 3.63) is 93.8 Å². The molecule has 0 fully saturated rings. The van der Waals surface area contributed by atoms with E-state index in [1.165, 1.54) is 11.8 Å². The number of carbonyl (C=O) groups is 1. The van der Waals surface area contributed by atoms with Crippen LogP contribution in [0.5, 0.6) is 5.75 Å². The predicted molar refractivity (Wildman–Crippen MR) is 137 cm³/mol. The van der Waals surface area contributed by atoms with Crippen molar-refractivity contribution in [1.82, 2.24) is 14.5 Å². The van der Waals surface area contributed by atoms with Gasteiger partial charge in [-0.1, -0.05) is 42.1 Å². The number of fused-ring (bicyclic) bond motifs is 1. The molecule has 1 heterocycles. The van der Waals surface area contributed by atoms with E-state index >= 15 is 0 Å². The third kappa shape index (κ3) is 5.15. The van der Waals surface area contributed by atoms with E-state index in [9.17, 15) is 9.59 Å². The highest BCUT2D eigenvalue weighted by atomic mass is 32.2. The first kappa shape index (κ1) is 23.6. The van der Waals surface area contributed by atoms with Crippen LogP contribution in [0.2, 0.25) is 0 Å². The summed E-state index contributed by atoms with van der Waals surface area (Å²) in [4.78, 5) is 32.8. The lowest BCUT2D eigenvalue weighted by molar-refractivity contribution is -0.127. The summed E-state index contributed by atoms with van der Waals surface area (Å²) in [5.74, 6) is 0.864. The number of aryl methyl sites for hydroxylation is 2. The van der Waals surface area contributed by atoms with Gasteiger partial charge in [-0.3, -0.25) is 14.2 Å². The third-order valence-corrected chi connectivity index (χ3v) is 6.44. The number of ether oxygens (including phenoxy) is 1. The van der Waals surface area contributed by atoms with E-state index in [1.54, 1.807) is 29.7 Å². The molecule has 6 nitrogen and oxygen atoms in total. The average Bonchev–Trinajstić information content (AvgIpc) is 2.82. The van der Waals surface area contributed by atoms with Crippen LogP contribution in [-0.4, -0.2) is 40.3 Å². The van der Waals surface area contributed by atoms with Crippen molar-refractivity contribution < 1.29 is 9.53 Å². The summed E-state index contributed by atoms with van der Waals surface area (Å²) in [7, 11) is 3.39. The molecule has 0 saturated heterocycles. The van der Waals surface area contributed by atoms with Crippen molar-refractivity contribution in [3.8, 4) is 11.4 Å². The van der Waals surface area contributed by atoms with Gasteiger partial charge in [0.15, 0.2) is 5.16 Å². The van der Waals surface area contributed by atoms with Gasteiger partial charge < -0.3 is 9.64 Å². The highest BCUT2D eigenvalue weighted by molar-refractivity contribution is 7.99. The van der Waals surface area contributed by atoms with Crippen molar-refractivity contribution in [3.63, 3.8) is 0 Å². The lowest BCUT2D eigenvalue weighted by Gasteiger charge is -2.18. The minimum atomic E-state index is -0.143. The number of thioether (sulfide) groups is 1. The van der Waals surface area contributed by atoms with Crippen molar-refractivity contribution in [2.24, 2.45) is 0 Å². The van der Waals surface area contributed by atoms with Crippen LogP contribution >= 0.6 is 11.8 Å². The van der Waals surface area contributed by atoms with Gasteiger partial charge in [-0.2, -0.15) is 0 Å². The third-order valence-electron chi connectivity index (χ3n) is 5.51. The Bertz CT molecular complexity index is 1390. The van der Waals surface area contributed by atoms with E-state index in [0.29, 0.717) is 22.6 Å². The standard InChI is InChI=1S/C27H27N3O3S/c1-18-12-19(2)14-21(13-18)30-26(32)23-10-5-6-11-24(23)28-27(30)34-17-25(31)29(3)16-20-8-7-9-22(15-20)33-4/h5-15H,16-17H2,1-4H3. The van der Waals surface area contributed by atoms with E-state index in [-0.39, 0.29) is 17.2 Å². The van der Waals surface area contributed by atoms with Crippen molar-refractivity contribution in [2.45, 2.75) is 25.5 Å². The molecule has 4 aromatic rings. The Hall–Kier alpha value is -3.58. The zero-order valence-corrected chi connectivity index (χ0v) is 20.6. The lowest BCUT2D eigenvalue weighted by atomic mass is 10.1. The van der Waals surface area contributed by atoms with Crippen LogP contribution in [0.25, 0.3) is 16.6 Å². The number of amides is 1. The molecule has 34 heavy (non-hydrogen) atoms. The Labute approximate surface area is 203 Å². The number of benzene rings is 3. The first-order valence-corrected chi connectivity index (χ1v) is 11.9. The molecule has 0 N–H and O–H groups in total. The maximum absolute atomic E-state index is 13.5. The van der Waals surface area contributed by atoms with Gasteiger partial charge in [0, 0.05) is 13.6 Å². The zero-order valence-electron chi connectivity index (χ0n) is 19.7. The summed E-state index contributed by atoms with van der Waals surface area (Å²) < 4.78 is 6.89. The topological polar surface area (TPSA) is 64.4 Å². The summed E-state index contributed by atoms with van der Waals surface area (Å²) in [6.45, 7) is 4.46. The van der Waals surface area contributed by atoms with Crippen LogP contribution in [0.15, 0.2) is 76.7 Å².